The van der Waals surface area contributed by atoms with E-state index in [2.05, 4.69) is 10.1 Å². The van der Waals surface area contributed by atoms with Crippen LogP contribution in [0, 0.1) is 6.92 Å². The summed E-state index contributed by atoms with van der Waals surface area (Å²) in [6.07, 6.45) is 6.34. The molecule has 0 fully saturated rings. The summed E-state index contributed by atoms with van der Waals surface area (Å²) in [5, 5.41) is 4.50. The zero-order valence-electron chi connectivity index (χ0n) is 14.9. The van der Waals surface area contributed by atoms with Gasteiger partial charge in [-0.1, -0.05) is 0 Å². The fourth-order valence-corrected chi connectivity index (χ4v) is 3.39. The molecule has 0 unspecified atom stereocenters. The third-order valence-electron chi connectivity index (χ3n) is 3.75. The summed E-state index contributed by atoms with van der Waals surface area (Å²) in [6.45, 7) is 6.05. The number of rotatable bonds is 9. The van der Waals surface area contributed by atoms with Crippen LogP contribution in [0.3, 0.4) is 0 Å². The van der Waals surface area contributed by atoms with Gasteiger partial charge < -0.3 is 4.90 Å². The van der Waals surface area contributed by atoms with Crippen molar-refractivity contribution in [1.29, 1.82) is 0 Å². The molecule has 25 heavy (non-hydrogen) atoms. The van der Waals surface area contributed by atoms with Gasteiger partial charge in [-0.15, -0.1) is 0 Å². The fourth-order valence-electron chi connectivity index (χ4n) is 2.43. The van der Waals surface area contributed by atoms with Gasteiger partial charge >= 0.3 is 0 Å². The first-order valence-electron chi connectivity index (χ1n) is 8.37. The predicted molar refractivity (Wildman–Crippen MR) is 101 cm³/mol. The minimum absolute atomic E-state index is 0.0756. The predicted octanol–water partition coefficient (Wildman–Crippen LogP) is 3.03. The number of amides is 1. The molecule has 0 aliphatic carbocycles. The summed E-state index contributed by atoms with van der Waals surface area (Å²) >= 11 is 1.64. The van der Waals surface area contributed by atoms with Gasteiger partial charge in [0.15, 0.2) is 0 Å². The van der Waals surface area contributed by atoms with Gasteiger partial charge in [0.1, 0.15) is 5.78 Å². The molecule has 2 aromatic rings. The van der Waals surface area contributed by atoms with Crippen LogP contribution in [0.2, 0.25) is 0 Å². The fraction of sp³-hybridized carbons (Fsp3) is 0.444. The van der Waals surface area contributed by atoms with Crippen molar-refractivity contribution in [1.82, 2.24) is 14.8 Å². The van der Waals surface area contributed by atoms with E-state index in [4.69, 9.17) is 0 Å². The quantitative estimate of drug-likeness (QED) is 0.643. The molecule has 2 rings (SSSR count). The molecule has 0 spiro atoms. The first-order chi connectivity index (χ1) is 12.0. The SMILES string of the molecule is CCN(C(=O)CCSCCC(C)=O)c1cn(-c2cccnc2)nc1C. The van der Waals surface area contributed by atoms with Crippen LogP contribution < -0.4 is 4.90 Å². The van der Waals surface area contributed by atoms with Gasteiger partial charge in [-0.05, 0) is 32.9 Å². The molecule has 6 nitrogen and oxygen atoms in total. The maximum Gasteiger partial charge on any atom is 0.227 e. The minimum atomic E-state index is 0.0756. The Morgan fingerprint density at radius 3 is 2.68 bits per heavy atom. The Bertz CT molecular complexity index is 715. The summed E-state index contributed by atoms with van der Waals surface area (Å²) in [6, 6.07) is 3.78. The molecule has 2 aromatic heterocycles. The molecule has 1 amide bonds. The van der Waals surface area contributed by atoms with E-state index >= 15 is 0 Å². The molecule has 134 valence electrons. The molecule has 0 aromatic carbocycles. The number of aromatic nitrogens is 3. The van der Waals surface area contributed by atoms with Crippen molar-refractivity contribution >= 4 is 29.1 Å². The molecule has 0 saturated carbocycles. The number of carbonyl (C=O) groups is 2. The molecule has 2 heterocycles. The van der Waals surface area contributed by atoms with Crippen LogP contribution in [0.5, 0.6) is 0 Å². The first-order valence-corrected chi connectivity index (χ1v) is 9.52. The van der Waals surface area contributed by atoms with E-state index in [9.17, 15) is 9.59 Å². The molecule has 0 bridgehead atoms. The number of carbonyl (C=O) groups excluding carboxylic acids is 2. The second-order valence-electron chi connectivity index (χ2n) is 5.71. The number of hydrogen-bond donors (Lipinski definition) is 0. The molecule has 0 aliphatic heterocycles. The number of pyridine rings is 1. The number of anilines is 1. The average molecular weight is 360 g/mol. The van der Waals surface area contributed by atoms with Crippen molar-refractivity contribution in [2.75, 3.05) is 23.0 Å². The van der Waals surface area contributed by atoms with E-state index in [1.54, 1.807) is 40.7 Å². The van der Waals surface area contributed by atoms with Crippen molar-refractivity contribution in [3.63, 3.8) is 0 Å². The Hall–Kier alpha value is -2.15. The van der Waals surface area contributed by atoms with Gasteiger partial charge in [0.2, 0.25) is 5.91 Å². The number of hydrogen-bond acceptors (Lipinski definition) is 5. The van der Waals surface area contributed by atoms with E-state index in [0.29, 0.717) is 19.4 Å². The zero-order valence-corrected chi connectivity index (χ0v) is 15.8. The minimum Gasteiger partial charge on any atom is -0.310 e. The van der Waals surface area contributed by atoms with Crippen molar-refractivity contribution < 1.29 is 9.59 Å². The normalized spacial score (nSPS) is 10.7. The zero-order chi connectivity index (χ0) is 18.2. The van der Waals surface area contributed by atoms with Crippen LogP contribution in [0.25, 0.3) is 5.69 Å². The van der Waals surface area contributed by atoms with Gasteiger partial charge in [0.25, 0.3) is 0 Å². The summed E-state index contributed by atoms with van der Waals surface area (Å²) < 4.78 is 1.75. The van der Waals surface area contributed by atoms with Crippen molar-refractivity contribution in [2.45, 2.75) is 33.6 Å². The average Bonchev–Trinajstić information content (AvgIpc) is 2.97. The van der Waals surface area contributed by atoms with Gasteiger partial charge in [0, 0.05) is 37.1 Å². The largest absolute Gasteiger partial charge is 0.310 e. The Balaban J connectivity index is 2.01. The Labute approximate surface area is 152 Å². The third-order valence-corrected chi connectivity index (χ3v) is 4.74. The molecule has 0 N–H and O–H groups in total. The van der Waals surface area contributed by atoms with Gasteiger partial charge in [-0.25, -0.2) is 4.68 Å². The lowest BCUT2D eigenvalue weighted by Crippen LogP contribution is -2.31. The Morgan fingerprint density at radius 2 is 2.04 bits per heavy atom. The van der Waals surface area contributed by atoms with Crippen molar-refractivity contribution in [3.05, 3.63) is 36.4 Å². The van der Waals surface area contributed by atoms with E-state index < -0.39 is 0 Å². The Kier molecular flexibility index (Phi) is 7.18. The van der Waals surface area contributed by atoms with Gasteiger partial charge in [-0.2, -0.15) is 16.9 Å². The number of ketones is 1. The Morgan fingerprint density at radius 1 is 1.28 bits per heavy atom. The van der Waals surface area contributed by atoms with Crippen LogP contribution in [-0.2, 0) is 9.59 Å². The highest BCUT2D eigenvalue weighted by atomic mass is 32.2. The van der Waals surface area contributed by atoms with Crippen LogP contribution in [-0.4, -0.2) is 44.5 Å². The molecule has 0 atom stereocenters. The van der Waals surface area contributed by atoms with E-state index in [0.717, 1.165) is 28.6 Å². The van der Waals surface area contributed by atoms with Gasteiger partial charge in [-0.3, -0.25) is 14.6 Å². The van der Waals surface area contributed by atoms with Crippen molar-refractivity contribution in [3.8, 4) is 5.69 Å². The van der Waals surface area contributed by atoms with Gasteiger partial charge in [0.05, 0.1) is 29.5 Å². The lowest BCUT2D eigenvalue weighted by Gasteiger charge is -2.20. The highest BCUT2D eigenvalue weighted by Gasteiger charge is 2.18. The third kappa shape index (κ3) is 5.42. The summed E-state index contributed by atoms with van der Waals surface area (Å²) in [5.41, 5.74) is 2.49. The summed E-state index contributed by atoms with van der Waals surface area (Å²) in [7, 11) is 0. The lowest BCUT2D eigenvalue weighted by atomic mass is 10.3. The molecule has 0 saturated heterocycles. The highest BCUT2D eigenvalue weighted by Crippen LogP contribution is 2.22. The molecule has 7 heteroatoms. The molecule has 0 aliphatic rings. The molecular weight excluding hydrogens is 336 g/mol. The second kappa shape index (κ2) is 9.36. The number of Topliss-reactive ketones (excluding diaryl/α,β-unsaturated/α-hetero) is 1. The summed E-state index contributed by atoms with van der Waals surface area (Å²) in [4.78, 5) is 29.4. The molecule has 0 radical (unpaired) electrons. The second-order valence-corrected chi connectivity index (χ2v) is 6.93. The topological polar surface area (TPSA) is 68.1 Å². The van der Waals surface area contributed by atoms with E-state index in [-0.39, 0.29) is 11.7 Å². The van der Waals surface area contributed by atoms with Crippen LogP contribution >= 0.6 is 11.8 Å². The monoisotopic (exact) mass is 360 g/mol. The number of thioether (sulfide) groups is 1. The van der Waals surface area contributed by atoms with E-state index in [1.165, 1.54) is 0 Å². The van der Waals surface area contributed by atoms with Crippen molar-refractivity contribution in [2.24, 2.45) is 0 Å². The summed E-state index contributed by atoms with van der Waals surface area (Å²) in [5.74, 6) is 1.75. The van der Waals surface area contributed by atoms with Crippen LogP contribution in [0.15, 0.2) is 30.7 Å². The van der Waals surface area contributed by atoms with Crippen LogP contribution in [0.1, 0.15) is 32.4 Å². The molecular formula is C18H24N4O2S. The smallest absolute Gasteiger partial charge is 0.227 e. The number of nitrogens with zero attached hydrogens (tertiary/aromatic N) is 4. The van der Waals surface area contributed by atoms with Crippen LogP contribution in [0.4, 0.5) is 5.69 Å². The highest BCUT2D eigenvalue weighted by molar-refractivity contribution is 7.99. The number of aryl methyl sites for hydroxylation is 1. The first kappa shape index (κ1) is 19.2. The maximum absolute atomic E-state index is 12.6. The maximum atomic E-state index is 12.6. The van der Waals surface area contributed by atoms with E-state index in [1.807, 2.05) is 32.2 Å². The standard InChI is InChI=1S/C18H24N4O2S/c1-4-21(18(24)8-11-25-10-7-14(2)23)17-13-22(20-15(17)3)16-6-5-9-19-12-16/h5-6,9,12-13H,4,7-8,10-11H2,1-3H3. The lowest BCUT2D eigenvalue weighted by molar-refractivity contribution is -0.118.